The number of methoxy groups -OCH3 is 1. The van der Waals surface area contributed by atoms with Crippen molar-refractivity contribution >= 4 is 40.6 Å². The van der Waals surface area contributed by atoms with Crippen molar-refractivity contribution < 1.29 is 9.53 Å². The maximum atomic E-state index is 12.8. The molecule has 1 N–H and O–H groups in total. The van der Waals surface area contributed by atoms with E-state index < -0.39 is 5.41 Å². The van der Waals surface area contributed by atoms with Gasteiger partial charge in [-0.2, -0.15) is 0 Å². The number of carbonyl (C=O) groups excluding carboxylic acids is 1. The largest absolute Gasteiger partial charge is 0.469 e. The highest BCUT2D eigenvalue weighted by Gasteiger charge is 2.44. The molecule has 0 radical (unpaired) electrons. The van der Waals surface area contributed by atoms with Crippen LogP contribution in [0.15, 0.2) is 60.7 Å². The van der Waals surface area contributed by atoms with Crippen LogP contribution in [0.2, 0.25) is 0 Å². The fraction of sp³-hybridized carbons (Fsp3) is 0.303. The van der Waals surface area contributed by atoms with Crippen LogP contribution in [-0.4, -0.2) is 20.1 Å². The van der Waals surface area contributed by atoms with Crippen molar-refractivity contribution in [2.75, 3.05) is 17.1 Å². The third-order valence-electron chi connectivity index (χ3n) is 9.12. The number of hydrogen-bond donors (Lipinski definition) is 1. The Hall–Kier alpha value is -3.73. The molecule has 192 valence electrons. The number of ether oxygens (including phenoxy) is 1. The van der Waals surface area contributed by atoms with Crippen LogP contribution in [0.5, 0.6) is 0 Å². The quantitative estimate of drug-likeness (QED) is 0.267. The van der Waals surface area contributed by atoms with Crippen molar-refractivity contribution in [3.05, 3.63) is 99.6 Å². The monoisotopic (exact) mass is 502 g/mol. The molecule has 0 amide bonds. The molecule has 0 saturated carbocycles. The fourth-order valence-electron chi connectivity index (χ4n) is 6.87. The molecule has 0 bridgehead atoms. The normalized spacial score (nSPS) is 17.9. The minimum Gasteiger partial charge on any atom is -0.469 e. The van der Waals surface area contributed by atoms with Gasteiger partial charge in [0.15, 0.2) is 0 Å². The zero-order chi connectivity index (χ0) is 26.8. The van der Waals surface area contributed by atoms with Gasteiger partial charge in [0.1, 0.15) is 0 Å². The van der Waals surface area contributed by atoms with Gasteiger partial charge in [0, 0.05) is 23.3 Å². The first-order valence-corrected chi connectivity index (χ1v) is 13.5. The summed E-state index contributed by atoms with van der Waals surface area (Å²) >= 11 is 0. The van der Waals surface area contributed by atoms with E-state index in [2.05, 4.69) is 98.4 Å². The Morgan fingerprint density at radius 2 is 1.61 bits per heavy atom. The van der Waals surface area contributed by atoms with Gasteiger partial charge in [0.05, 0.1) is 12.5 Å². The lowest BCUT2D eigenvalue weighted by atomic mass is 9.59. The van der Waals surface area contributed by atoms with Crippen molar-refractivity contribution in [2.45, 2.75) is 54.0 Å². The summed E-state index contributed by atoms with van der Waals surface area (Å²) in [5, 5.41) is 6.47. The minimum atomic E-state index is -0.517. The standard InChI is InChI=1S/C33H35BN2O2/c1-20-11-7-8-12-25(20)19-36-29-16-10-14-24-13-9-15-28(30(24)29)35-34(36)31-22(3)21(2)26-17-33(5,32(37)38-6)18-27(26)23(31)4/h7-16,35H,17-19H2,1-6H3. The number of nitrogens with zero attached hydrogens (tertiary/aromatic N) is 1. The molecule has 0 aromatic heterocycles. The smallest absolute Gasteiger partial charge is 0.409 e. The molecular weight excluding hydrogens is 467 g/mol. The van der Waals surface area contributed by atoms with Gasteiger partial charge in [-0.3, -0.25) is 4.79 Å². The highest BCUT2D eigenvalue weighted by molar-refractivity contribution is 6.81. The first-order chi connectivity index (χ1) is 18.2. The van der Waals surface area contributed by atoms with Gasteiger partial charge in [0.2, 0.25) is 0 Å². The first-order valence-electron chi connectivity index (χ1n) is 13.5. The summed E-state index contributed by atoms with van der Waals surface area (Å²) in [5.74, 6) is -0.121. The molecule has 0 saturated heterocycles. The molecule has 5 heteroatoms. The highest BCUT2D eigenvalue weighted by Crippen LogP contribution is 2.43. The molecule has 4 aromatic carbocycles. The van der Waals surface area contributed by atoms with E-state index >= 15 is 0 Å². The van der Waals surface area contributed by atoms with E-state index in [1.807, 2.05) is 6.92 Å². The Labute approximate surface area is 226 Å². The molecule has 4 nitrogen and oxygen atoms in total. The molecule has 0 spiro atoms. The summed E-state index contributed by atoms with van der Waals surface area (Å²) in [7, 11) is 1.50. The molecular formula is C33H35BN2O2. The van der Waals surface area contributed by atoms with Crippen LogP contribution in [0.25, 0.3) is 10.8 Å². The minimum absolute atomic E-state index is 0.0379. The molecule has 1 unspecified atom stereocenters. The number of anilines is 2. The summed E-state index contributed by atoms with van der Waals surface area (Å²) < 4.78 is 5.23. The summed E-state index contributed by atoms with van der Waals surface area (Å²) in [6.07, 6.45) is 1.45. The second kappa shape index (κ2) is 8.94. The van der Waals surface area contributed by atoms with Crippen LogP contribution < -0.4 is 15.5 Å². The Morgan fingerprint density at radius 3 is 2.32 bits per heavy atom. The Balaban J connectivity index is 1.55. The molecule has 38 heavy (non-hydrogen) atoms. The van der Waals surface area contributed by atoms with Crippen molar-refractivity contribution in [1.29, 1.82) is 0 Å². The van der Waals surface area contributed by atoms with Crippen LogP contribution in [-0.2, 0) is 28.9 Å². The average Bonchev–Trinajstić information content (AvgIpc) is 3.29. The molecule has 1 aliphatic heterocycles. The predicted octanol–water partition coefficient (Wildman–Crippen LogP) is 6.18. The lowest BCUT2D eigenvalue weighted by Gasteiger charge is -2.39. The first kappa shape index (κ1) is 24.6. The molecule has 1 atom stereocenters. The number of nitrogens with one attached hydrogen (secondary N) is 1. The molecule has 6 rings (SSSR count). The van der Waals surface area contributed by atoms with Crippen molar-refractivity contribution in [3.8, 4) is 0 Å². The van der Waals surface area contributed by atoms with Gasteiger partial charge < -0.3 is 14.8 Å². The van der Waals surface area contributed by atoms with E-state index in [0.29, 0.717) is 6.42 Å². The Kier molecular flexibility index (Phi) is 5.79. The molecule has 2 aliphatic rings. The van der Waals surface area contributed by atoms with Crippen LogP contribution >= 0.6 is 0 Å². The number of carbonyl (C=O) groups is 1. The number of esters is 1. The van der Waals surface area contributed by atoms with E-state index in [4.69, 9.17) is 4.74 Å². The van der Waals surface area contributed by atoms with E-state index in [-0.39, 0.29) is 13.0 Å². The highest BCUT2D eigenvalue weighted by atomic mass is 16.5. The van der Waals surface area contributed by atoms with Gasteiger partial charge in [-0.25, -0.2) is 0 Å². The van der Waals surface area contributed by atoms with Crippen LogP contribution in [0.1, 0.15) is 45.9 Å². The maximum absolute atomic E-state index is 12.8. The van der Waals surface area contributed by atoms with Gasteiger partial charge in [-0.15, -0.1) is 0 Å². The van der Waals surface area contributed by atoms with Gasteiger partial charge >= 0.3 is 13.0 Å². The van der Waals surface area contributed by atoms with Crippen LogP contribution in [0.3, 0.4) is 0 Å². The molecule has 1 aliphatic carbocycles. The maximum Gasteiger partial charge on any atom is 0.409 e. The summed E-state index contributed by atoms with van der Waals surface area (Å²) in [6, 6.07) is 21.8. The fourth-order valence-corrected chi connectivity index (χ4v) is 6.87. The topological polar surface area (TPSA) is 41.6 Å². The third kappa shape index (κ3) is 3.63. The van der Waals surface area contributed by atoms with Crippen molar-refractivity contribution in [2.24, 2.45) is 5.41 Å². The second-order valence-corrected chi connectivity index (χ2v) is 11.4. The van der Waals surface area contributed by atoms with Gasteiger partial charge in [-0.1, -0.05) is 48.5 Å². The van der Waals surface area contributed by atoms with Crippen molar-refractivity contribution in [1.82, 2.24) is 0 Å². The number of benzene rings is 4. The number of hydrogen-bond acceptors (Lipinski definition) is 4. The van der Waals surface area contributed by atoms with E-state index in [1.165, 1.54) is 73.7 Å². The van der Waals surface area contributed by atoms with Gasteiger partial charge in [-0.05, 0) is 109 Å². The summed E-state index contributed by atoms with van der Waals surface area (Å²) in [4.78, 5) is 15.3. The number of aryl methyl sites for hydroxylation is 1. The molecule has 1 heterocycles. The molecule has 0 fully saturated rings. The number of rotatable bonds is 4. The Morgan fingerprint density at radius 1 is 0.921 bits per heavy atom. The molecule has 4 aromatic rings. The lowest BCUT2D eigenvalue weighted by Crippen LogP contribution is -2.57. The second-order valence-electron chi connectivity index (χ2n) is 11.4. The third-order valence-corrected chi connectivity index (χ3v) is 9.12. The predicted molar refractivity (Wildman–Crippen MR) is 159 cm³/mol. The zero-order valence-corrected chi connectivity index (χ0v) is 23.2. The summed E-state index contributed by atoms with van der Waals surface area (Å²) in [5.41, 5.74) is 12.3. The van der Waals surface area contributed by atoms with E-state index in [1.54, 1.807) is 0 Å². The van der Waals surface area contributed by atoms with Crippen molar-refractivity contribution in [3.63, 3.8) is 0 Å². The van der Waals surface area contributed by atoms with Gasteiger partial charge in [0.25, 0.3) is 0 Å². The number of fused-ring (bicyclic) bond motifs is 1. The Bertz CT molecular complexity index is 1610. The van der Waals surface area contributed by atoms with Crippen LogP contribution in [0.4, 0.5) is 11.4 Å². The zero-order valence-electron chi connectivity index (χ0n) is 23.2. The van der Waals surface area contributed by atoms with Crippen LogP contribution in [0, 0.1) is 33.1 Å². The summed E-state index contributed by atoms with van der Waals surface area (Å²) in [6.45, 7) is 11.7. The van der Waals surface area contributed by atoms with E-state index in [0.717, 1.165) is 13.0 Å². The lowest BCUT2D eigenvalue weighted by molar-refractivity contribution is -0.151. The average molecular weight is 502 g/mol. The van der Waals surface area contributed by atoms with E-state index in [9.17, 15) is 4.79 Å². The SMILES string of the molecule is COC(=O)C1(C)Cc2c(C)c(C)c(B3Nc4cccc5cccc(c45)N3Cc3ccccc3C)c(C)c2C1.